The summed E-state index contributed by atoms with van der Waals surface area (Å²) in [6.45, 7) is 0. The number of aliphatic hydroxyl groups is 2. The summed E-state index contributed by atoms with van der Waals surface area (Å²) in [5.74, 6) is 0. The Balaban J connectivity index is 2.25. The lowest BCUT2D eigenvalue weighted by molar-refractivity contribution is 0.0183. The zero-order valence-electron chi connectivity index (χ0n) is 11.5. The number of halogens is 1. The van der Waals surface area contributed by atoms with E-state index in [0.717, 1.165) is 21.7 Å². The Morgan fingerprint density at radius 1 is 0.857 bits per heavy atom. The van der Waals surface area contributed by atoms with Gasteiger partial charge in [0.25, 0.3) is 0 Å². The van der Waals surface area contributed by atoms with Gasteiger partial charge in [0.2, 0.25) is 0 Å². The summed E-state index contributed by atoms with van der Waals surface area (Å²) in [6.07, 6.45) is -1.13. The molecule has 0 amide bonds. The highest BCUT2D eigenvalue weighted by Gasteiger charge is 2.20. The summed E-state index contributed by atoms with van der Waals surface area (Å²) >= 11 is 3.31. The van der Waals surface area contributed by atoms with Crippen molar-refractivity contribution in [2.75, 3.05) is 5.33 Å². The van der Waals surface area contributed by atoms with E-state index in [1.54, 1.807) is 0 Å². The lowest BCUT2D eigenvalue weighted by atomic mass is 9.92. The molecule has 0 radical (unpaired) electrons. The number of rotatable bonds is 4. The van der Waals surface area contributed by atoms with Gasteiger partial charge in [-0.05, 0) is 39.6 Å². The van der Waals surface area contributed by atoms with Crippen molar-refractivity contribution in [2.45, 2.75) is 18.6 Å². The first-order valence-electron chi connectivity index (χ1n) is 7.05. The van der Waals surface area contributed by atoms with Crippen molar-refractivity contribution >= 4 is 37.5 Å². The number of hydrogen-bond acceptors (Lipinski definition) is 2. The summed E-state index contributed by atoms with van der Waals surface area (Å²) in [7, 11) is 0. The summed E-state index contributed by atoms with van der Waals surface area (Å²) in [4.78, 5) is 0. The molecule has 2 N–H and O–H groups in total. The molecule has 0 saturated heterocycles. The number of aliphatic hydroxyl groups excluding tert-OH is 2. The lowest BCUT2D eigenvalue weighted by Gasteiger charge is -2.20. The van der Waals surface area contributed by atoms with Gasteiger partial charge in [-0.25, -0.2) is 0 Å². The topological polar surface area (TPSA) is 40.5 Å². The lowest BCUT2D eigenvalue weighted by Crippen LogP contribution is -2.18. The molecule has 0 heterocycles. The Morgan fingerprint density at radius 3 is 2.19 bits per heavy atom. The molecule has 21 heavy (non-hydrogen) atoms. The first-order chi connectivity index (χ1) is 10.2. The fourth-order valence-corrected chi connectivity index (χ4v) is 3.27. The summed E-state index contributed by atoms with van der Waals surface area (Å²) in [5.41, 5.74) is 0.790. The van der Waals surface area contributed by atoms with Crippen LogP contribution in [0.4, 0.5) is 0 Å². The second kappa shape index (κ2) is 6.14. The standard InChI is InChI=1S/C18H17BrO2/c19-10-9-17(20)18(21)16-11-12-5-1-2-6-13(12)14-7-3-4-8-15(14)16/h1-8,11,17-18,20-21H,9-10H2. The van der Waals surface area contributed by atoms with Crippen LogP contribution in [-0.2, 0) is 0 Å². The second-order valence-electron chi connectivity index (χ2n) is 5.22. The molecule has 3 aromatic rings. The van der Waals surface area contributed by atoms with Gasteiger partial charge in [-0.1, -0.05) is 64.5 Å². The van der Waals surface area contributed by atoms with Crippen molar-refractivity contribution in [2.24, 2.45) is 0 Å². The van der Waals surface area contributed by atoms with Crippen LogP contribution < -0.4 is 0 Å². The van der Waals surface area contributed by atoms with Gasteiger partial charge in [-0.15, -0.1) is 0 Å². The zero-order valence-corrected chi connectivity index (χ0v) is 13.1. The van der Waals surface area contributed by atoms with Crippen molar-refractivity contribution in [3.8, 4) is 0 Å². The van der Waals surface area contributed by atoms with Gasteiger partial charge in [-0.2, -0.15) is 0 Å². The van der Waals surface area contributed by atoms with E-state index in [4.69, 9.17) is 0 Å². The highest BCUT2D eigenvalue weighted by atomic mass is 79.9. The SMILES string of the molecule is OC(CCBr)C(O)c1cc2ccccc2c2ccccc12. The number of alkyl halides is 1. The Labute approximate surface area is 132 Å². The maximum absolute atomic E-state index is 10.5. The Hall–Kier alpha value is -1.42. The van der Waals surface area contributed by atoms with E-state index >= 15 is 0 Å². The van der Waals surface area contributed by atoms with Gasteiger partial charge in [0.15, 0.2) is 0 Å². The Kier molecular flexibility index (Phi) is 4.24. The molecule has 3 aromatic carbocycles. The van der Waals surface area contributed by atoms with Crippen molar-refractivity contribution in [3.63, 3.8) is 0 Å². The van der Waals surface area contributed by atoms with Crippen LogP contribution in [0.3, 0.4) is 0 Å². The van der Waals surface area contributed by atoms with E-state index in [1.165, 1.54) is 5.39 Å². The monoisotopic (exact) mass is 344 g/mol. The van der Waals surface area contributed by atoms with Gasteiger partial charge in [0.05, 0.1) is 6.10 Å². The van der Waals surface area contributed by atoms with Crippen LogP contribution in [0.15, 0.2) is 54.6 Å². The molecule has 3 heteroatoms. The van der Waals surface area contributed by atoms with E-state index in [9.17, 15) is 10.2 Å². The molecule has 2 nitrogen and oxygen atoms in total. The Bertz CT molecular complexity index is 769. The van der Waals surface area contributed by atoms with E-state index < -0.39 is 12.2 Å². The largest absolute Gasteiger partial charge is 0.390 e. The highest BCUT2D eigenvalue weighted by Crippen LogP contribution is 2.33. The fourth-order valence-electron chi connectivity index (χ4n) is 2.80. The van der Waals surface area contributed by atoms with Crippen LogP contribution in [0, 0.1) is 0 Å². The zero-order chi connectivity index (χ0) is 14.8. The molecule has 0 aliphatic carbocycles. The second-order valence-corrected chi connectivity index (χ2v) is 6.02. The highest BCUT2D eigenvalue weighted by molar-refractivity contribution is 9.09. The van der Waals surface area contributed by atoms with Crippen LogP contribution in [0.25, 0.3) is 21.5 Å². The summed E-state index contributed by atoms with van der Waals surface area (Å²) in [5, 5.41) is 25.6. The van der Waals surface area contributed by atoms with Crippen LogP contribution in [0.5, 0.6) is 0 Å². The maximum Gasteiger partial charge on any atom is 0.105 e. The summed E-state index contributed by atoms with van der Waals surface area (Å²) in [6, 6.07) is 18.1. The normalized spacial score (nSPS) is 14.4. The molecule has 0 aliphatic rings. The minimum absolute atomic E-state index is 0.516. The average molecular weight is 345 g/mol. The first kappa shape index (κ1) is 14.5. The van der Waals surface area contributed by atoms with E-state index in [0.29, 0.717) is 11.8 Å². The quantitative estimate of drug-likeness (QED) is 0.550. The molecule has 108 valence electrons. The molecule has 0 spiro atoms. The predicted molar refractivity (Wildman–Crippen MR) is 90.8 cm³/mol. The molecule has 0 aliphatic heterocycles. The third-order valence-electron chi connectivity index (χ3n) is 3.89. The van der Waals surface area contributed by atoms with Crippen molar-refractivity contribution in [3.05, 3.63) is 60.2 Å². The molecule has 0 fully saturated rings. The molecule has 0 aromatic heterocycles. The third kappa shape index (κ3) is 2.69. The molecule has 2 unspecified atom stereocenters. The van der Waals surface area contributed by atoms with Crippen LogP contribution in [-0.4, -0.2) is 21.6 Å². The molecule has 3 rings (SSSR count). The van der Waals surface area contributed by atoms with Crippen LogP contribution >= 0.6 is 15.9 Å². The van der Waals surface area contributed by atoms with Gasteiger partial charge >= 0.3 is 0 Å². The van der Waals surface area contributed by atoms with Crippen molar-refractivity contribution in [1.82, 2.24) is 0 Å². The summed E-state index contributed by atoms with van der Waals surface area (Å²) < 4.78 is 0. The van der Waals surface area contributed by atoms with Crippen molar-refractivity contribution in [1.29, 1.82) is 0 Å². The first-order valence-corrected chi connectivity index (χ1v) is 8.17. The van der Waals surface area contributed by atoms with Gasteiger partial charge in [0.1, 0.15) is 6.10 Å². The predicted octanol–water partition coefficient (Wildman–Crippen LogP) is 4.17. The minimum Gasteiger partial charge on any atom is -0.390 e. The molecule has 0 saturated carbocycles. The van der Waals surface area contributed by atoms with Gasteiger partial charge < -0.3 is 10.2 Å². The smallest absolute Gasteiger partial charge is 0.105 e. The van der Waals surface area contributed by atoms with Crippen molar-refractivity contribution < 1.29 is 10.2 Å². The minimum atomic E-state index is -0.878. The van der Waals surface area contributed by atoms with Gasteiger partial charge in [-0.3, -0.25) is 0 Å². The molecular weight excluding hydrogens is 328 g/mol. The van der Waals surface area contributed by atoms with Crippen LogP contribution in [0.2, 0.25) is 0 Å². The third-order valence-corrected chi connectivity index (χ3v) is 4.35. The average Bonchev–Trinajstić information content (AvgIpc) is 2.53. The van der Waals surface area contributed by atoms with E-state index in [-0.39, 0.29) is 0 Å². The van der Waals surface area contributed by atoms with Gasteiger partial charge in [0, 0.05) is 5.33 Å². The molecule has 2 atom stereocenters. The van der Waals surface area contributed by atoms with E-state index in [2.05, 4.69) is 28.1 Å². The number of benzene rings is 3. The number of hydrogen-bond donors (Lipinski definition) is 2. The molecular formula is C18H17BrO2. The maximum atomic E-state index is 10.5. The fraction of sp³-hybridized carbons (Fsp3) is 0.222. The molecule has 0 bridgehead atoms. The Morgan fingerprint density at radius 2 is 1.48 bits per heavy atom. The number of fused-ring (bicyclic) bond motifs is 3. The van der Waals surface area contributed by atoms with E-state index in [1.807, 2.05) is 42.5 Å². The van der Waals surface area contributed by atoms with Crippen LogP contribution in [0.1, 0.15) is 18.1 Å².